The van der Waals surface area contributed by atoms with E-state index < -0.39 is 0 Å². The highest BCUT2D eigenvalue weighted by molar-refractivity contribution is 7.99. The zero-order chi connectivity index (χ0) is 20.8. The molecule has 3 heterocycles. The highest BCUT2D eigenvalue weighted by atomic mass is 32.2. The van der Waals surface area contributed by atoms with Crippen LogP contribution in [0.5, 0.6) is 11.5 Å². The van der Waals surface area contributed by atoms with Gasteiger partial charge in [-0.05, 0) is 49.1 Å². The van der Waals surface area contributed by atoms with Crippen LogP contribution in [0, 0.1) is 0 Å². The third-order valence-corrected chi connectivity index (χ3v) is 7.71. The van der Waals surface area contributed by atoms with Crippen LogP contribution in [-0.2, 0) is 12.8 Å². The molecule has 6 nitrogen and oxygen atoms in total. The number of amides is 1. The number of hydrogen-bond donors (Lipinski definition) is 1. The quantitative estimate of drug-likeness (QED) is 0.427. The number of carbonyl (C=O) groups excluding carboxylic acids is 1. The van der Waals surface area contributed by atoms with Crippen LogP contribution in [-0.4, -0.2) is 22.7 Å². The Morgan fingerprint density at radius 2 is 1.97 bits per heavy atom. The van der Waals surface area contributed by atoms with Crippen LogP contribution >= 0.6 is 23.1 Å². The molecule has 1 N–H and O–H groups in total. The first-order valence-corrected chi connectivity index (χ1v) is 11.6. The Balaban J connectivity index is 1.32. The Morgan fingerprint density at radius 3 is 2.94 bits per heavy atom. The smallest absolute Gasteiger partial charge is 0.256 e. The fourth-order valence-corrected chi connectivity index (χ4v) is 6.34. The van der Waals surface area contributed by atoms with E-state index in [4.69, 9.17) is 9.47 Å². The minimum Gasteiger partial charge on any atom is -0.454 e. The van der Waals surface area contributed by atoms with Crippen molar-refractivity contribution in [3.8, 4) is 11.5 Å². The number of rotatable bonds is 4. The van der Waals surface area contributed by atoms with Gasteiger partial charge in [-0.2, -0.15) is 0 Å². The molecule has 6 rings (SSSR count). The standard InChI is InChI=1S/C23H17N3O3S2/c27-21(26-13-8-9-16-17(10-13)29-12-28-16)15-4-1-2-6-19(15)31-23-20-14-5-3-7-18(14)30-22(20)24-11-25-23/h1-2,4,6,8-11H,3,5,7,12H2,(H,26,27). The Morgan fingerprint density at radius 1 is 1.06 bits per heavy atom. The summed E-state index contributed by atoms with van der Waals surface area (Å²) >= 11 is 3.29. The molecule has 154 valence electrons. The lowest BCUT2D eigenvalue weighted by Gasteiger charge is -2.11. The number of nitrogens with zero attached hydrogens (tertiary/aromatic N) is 2. The van der Waals surface area contributed by atoms with Gasteiger partial charge in [0.2, 0.25) is 6.79 Å². The molecule has 2 aliphatic rings. The van der Waals surface area contributed by atoms with Crippen molar-refractivity contribution in [2.45, 2.75) is 29.2 Å². The summed E-state index contributed by atoms with van der Waals surface area (Å²) in [6.45, 7) is 0.200. The average Bonchev–Trinajstić information content (AvgIpc) is 3.49. The lowest BCUT2D eigenvalue weighted by atomic mass is 10.2. The molecule has 2 aromatic heterocycles. The molecule has 0 fully saturated rings. The first-order chi connectivity index (χ1) is 15.3. The maximum absolute atomic E-state index is 13.1. The molecule has 0 bridgehead atoms. The van der Waals surface area contributed by atoms with E-state index in [1.807, 2.05) is 30.3 Å². The van der Waals surface area contributed by atoms with E-state index in [1.165, 1.54) is 28.6 Å². The number of aryl methyl sites for hydroxylation is 2. The van der Waals surface area contributed by atoms with E-state index in [1.54, 1.807) is 29.8 Å². The number of benzene rings is 2. The van der Waals surface area contributed by atoms with Crippen LogP contribution in [0.4, 0.5) is 5.69 Å². The molecule has 8 heteroatoms. The topological polar surface area (TPSA) is 73.3 Å². The fourth-order valence-electron chi connectivity index (χ4n) is 4.00. The Hall–Kier alpha value is -3.10. The molecule has 0 unspecified atom stereocenters. The molecule has 31 heavy (non-hydrogen) atoms. The average molecular weight is 448 g/mol. The van der Waals surface area contributed by atoms with Crippen molar-refractivity contribution < 1.29 is 14.3 Å². The van der Waals surface area contributed by atoms with E-state index in [2.05, 4.69) is 15.3 Å². The SMILES string of the molecule is O=C(Nc1ccc2c(c1)OCO2)c1ccccc1Sc1ncnc2sc3c(c12)CCC3. The predicted molar refractivity (Wildman–Crippen MR) is 121 cm³/mol. The van der Waals surface area contributed by atoms with Crippen molar-refractivity contribution in [2.75, 3.05) is 12.1 Å². The second-order valence-corrected chi connectivity index (χ2v) is 9.45. The predicted octanol–water partition coefficient (Wildman–Crippen LogP) is 5.31. The minimum absolute atomic E-state index is 0.178. The third kappa shape index (κ3) is 3.32. The molecule has 1 amide bonds. The van der Waals surface area contributed by atoms with Crippen molar-refractivity contribution in [1.82, 2.24) is 9.97 Å². The van der Waals surface area contributed by atoms with E-state index in [-0.39, 0.29) is 12.7 Å². The molecule has 1 aliphatic carbocycles. The number of ether oxygens (including phenoxy) is 2. The van der Waals surface area contributed by atoms with Crippen molar-refractivity contribution in [1.29, 1.82) is 0 Å². The molecule has 0 saturated heterocycles. The van der Waals surface area contributed by atoms with Gasteiger partial charge in [0.25, 0.3) is 5.91 Å². The van der Waals surface area contributed by atoms with Gasteiger partial charge in [-0.25, -0.2) is 9.97 Å². The van der Waals surface area contributed by atoms with Crippen LogP contribution < -0.4 is 14.8 Å². The van der Waals surface area contributed by atoms with E-state index in [9.17, 15) is 4.79 Å². The fraction of sp³-hybridized carbons (Fsp3) is 0.174. The number of thiophene rings is 1. The largest absolute Gasteiger partial charge is 0.454 e. The Labute approximate surface area is 186 Å². The number of nitrogens with one attached hydrogen (secondary N) is 1. The zero-order valence-corrected chi connectivity index (χ0v) is 18.0. The van der Waals surface area contributed by atoms with Gasteiger partial charge in [0, 0.05) is 26.9 Å². The maximum atomic E-state index is 13.1. The number of anilines is 1. The zero-order valence-electron chi connectivity index (χ0n) is 16.4. The lowest BCUT2D eigenvalue weighted by molar-refractivity contribution is 0.102. The van der Waals surface area contributed by atoms with Crippen molar-refractivity contribution in [3.63, 3.8) is 0 Å². The number of hydrogen-bond acceptors (Lipinski definition) is 7. The summed E-state index contributed by atoms with van der Waals surface area (Å²) < 4.78 is 10.7. The van der Waals surface area contributed by atoms with Crippen LogP contribution in [0.15, 0.2) is 58.7 Å². The van der Waals surface area contributed by atoms with E-state index in [0.29, 0.717) is 22.7 Å². The monoisotopic (exact) mass is 447 g/mol. The van der Waals surface area contributed by atoms with Crippen LogP contribution in [0.3, 0.4) is 0 Å². The first-order valence-electron chi connectivity index (χ1n) is 9.99. The lowest BCUT2D eigenvalue weighted by Crippen LogP contribution is -2.13. The highest BCUT2D eigenvalue weighted by Crippen LogP contribution is 2.42. The Bertz CT molecular complexity index is 1340. The van der Waals surface area contributed by atoms with Crippen LogP contribution in [0.2, 0.25) is 0 Å². The Kier molecular flexibility index (Phi) is 4.54. The molecule has 1 aliphatic heterocycles. The van der Waals surface area contributed by atoms with E-state index >= 15 is 0 Å². The molecule has 2 aromatic carbocycles. The molecule has 0 spiro atoms. The first kappa shape index (κ1) is 18.7. The number of carbonyl (C=O) groups is 1. The number of fused-ring (bicyclic) bond motifs is 4. The summed E-state index contributed by atoms with van der Waals surface area (Å²) in [5, 5.41) is 5.03. The van der Waals surface area contributed by atoms with Gasteiger partial charge in [-0.3, -0.25) is 4.79 Å². The normalized spacial score (nSPS) is 14.1. The highest BCUT2D eigenvalue weighted by Gasteiger charge is 2.23. The maximum Gasteiger partial charge on any atom is 0.256 e. The van der Waals surface area contributed by atoms with Gasteiger partial charge in [-0.1, -0.05) is 23.9 Å². The molecule has 0 saturated carbocycles. The summed E-state index contributed by atoms with van der Waals surface area (Å²) in [6, 6.07) is 13.0. The summed E-state index contributed by atoms with van der Waals surface area (Å²) in [6.07, 6.45) is 4.99. The summed E-state index contributed by atoms with van der Waals surface area (Å²) in [4.78, 5) is 25.5. The summed E-state index contributed by atoms with van der Waals surface area (Å²) in [5.74, 6) is 1.14. The summed E-state index contributed by atoms with van der Waals surface area (Å²) in [5.41, 5.74) is 2.64. The molecular formula is C23H17N3O3S2. The summed E-state index contributed by atoms with van der Waals surface area (Å²) in [7, 11) is 0. The van der Waals surface area contributed by atoms with Gasteiger partial charge < -0.3 is 14.8 Å². The molecular weight excluding hydrogens is 430 g/mol. The van der Waals surface area contributed by atoms with Gasteiger partial charge in [0.15, 0.2) is 11.5 Å². The van der Waals surface area contributed by atoms with Gasteiger partial charge in [0.05, 0.1) is 5.56 Å². The molecule has 4 aromatic rings. The second-order valence-electron chi connectivity index (χ2n) is 7.34. The number of aromatic nitrogens is 2. The van der Waals surface area contributed by atoms with Gasteiger partial charge in [-0.15, -0.1) is 11.3 Å². The van der Waals surface area contributed by atoms with Gasteiger partial charge in [0.1, 0.15) is 16.2 Å². The third-order valence-electron chi connectivity index (χ3n) is 5.44. The van der Waals surface area contributed by atoms with Crippen LogP contribution in [0.25, 0.3) is 10.2 Å². The molecule has 0 radical (unpaired) electrons. The van der Waals surface area contributed by atoms with Crippen molar-refractivity contribution in [2.24, 2.45) is 0 Å². The van der Waals surface area contributed by atoms with Gasteiger partial charge >= 0.3 is 0 Å². The minimum atomic E-state index is -0.178. The second kappa shape index (κ2) is 7.55. The van der Waals surface area contributed by atoms with Crippen molar-refractivity contribution in [3.05, 3.63) is 64.8 Å². The van der Waals surface area contributed by atoms with E-state index in [0.717, 1.165) is 33.0 Å². The van der Waals surface area contributed by atoms with Crippen LogP contribution in [0.1, 0.15) is 27.2 Å². The molecule has 0 atom stereocenters. The van der Waals surface area contributed by atoms with Crippen molar-refractivity contribution >= 4 is 44.9 Å².